The zero-order valence-electron chi connectivity index (χ0n) is 9.11. The van der Waals surface area contributed by atoms with Gasteiger partial charge in [-0.05, 0) is 45.1 Å². The molecule has 0 fully saturated rings. The van der Waals surface area contributed by atoms with E-state index < -0.39 is 0 Å². The van der Waals surface area contributed by atoms with Crippen LogP contribution in [-0.2, 0) is 0 Å². The van der Waals surface area contributed by atoms with Crippen molar-refractivity contribution in [2.75, 3.05) is 7.11 Å². The first-order chi connectivity index (χ1) is 8.13. The van der Waals surface area contributed by atoms with Crippen LogP contribution >= 0.6 is 38.9 Å². The molecule has 17 heavy (non-hydrogen) atoms. The predicted molar refractivity (Wildman–Crippen MR) is 76.1 cm³/mol. The van der Waals surface area contributed by atoms with E-state index in [2.05, 4.69) is 15.9 Å². The summed E-state index contributed by atoms with van der Waals surface area (Å²) in [7, 11) is 1.59. The molecule has 0 spiro atoms. The molecule has 1 heterocycles. The fraction of sp³-hybridized carbons (Fsp3) is 0.167. The number of benzene rings is 1. The summed E-state index contributed by atoms with van der Waals surface area (Å²) in [5.74, 6) is 0.660. The van der Waals surface area contributed by atoms with Gasteiger partial charge >= 0.3 is 0 Å². The van der Waals surface area contributed by atoms with Crippen LogP contribution in [0.15, 0.2) is 34.1 Å². The van der Waals surface area contributed by atoms with Crippen LogP contribution in [0.25, 0.3) is 0 Å². The Hall–Kier alpha value is -0.550. The van der Waals surface area contributed by atoms with Crippen LogP contribution in [-0.4, -0.2) is 7.11 Å². The Labute approximate surface area is 117 Å². The van der Waals surface area contributed by atoms with Gasteiger partial charge in [-0.25, -0.2) is 0 Å². The normalized spacial score (nSPS) is 12.5. The third kappa shape index (κ3) is 2.65. The fourth-order valence-corrected chi connectivity index (χ4v) is 3.47. The Balaban J connectivity index is 2.35. The van der Waals surface area contributed by atoms with Crippen LogP contribution in [0.4, 0.5) is 0 Å². The lowest BCUT2D eigenvalue weighted by Crippen LogP contribution is -2.10. The predicted octanol–water partition coefficient (Wildman–Crippen LogP) is 4.22. The summed E-state index contributed by atoms with van der Waals surface area (Å²) < 4.78 is 6.14. The number of rotatable bonds is 3. The molecule has 0 radical (unpaired) electrons. The number of halogens is 2. The highest BCUT2D eigenvalue weighted by Crippen LogP contribution is 2.34. The molecule has 90 valence electrons. The smallest absolute Gasteiger partial charge is 0.137 e. The van der Waals surface area contributed by atoms with E-state index in [9.17, 15) is 0 Å². The largest absolute Gasteiger partial charge is 0.495 e. The minimum absolute atomic E-state index is 0.173. The quantitative estimate of drug-likeness (QED) is 0.913. The molecule has 2 nitrogen and oxygen atoms in total. The van der Waals surface area contributed by atoms with Crippen molar-refractivity contribution in [2.45, 2.75) is 6.04 Å². The number of methoxy groups -OCH3 is 1. The number of thiophene rings is 1. The number of ether oxygens (including phenoxy) is 1. The molecule has 0 bridgehead atoms. The van der Waals surface area contributed by atoms with Gasteiger partial charge in [-0.1, -0.05) is 17.7 Å². The van der Waals surface area contributed by atoms with Gasteiger partial charge in [-0.15, -0.1) is 11.3 Å². The van der Waals surface area contributed by atoms with E-state index in [0.717, 1.165) is 14.9 Å². The van der Waals surface area contributed by atoms with Crippen LogP contribution in [0.1, 0.15) is 16.5 Å². The maximum absolute atomic E-state index is 6.20. The standard InChI is InChI=1S/C12H11BrClNOS/c1-16-10-3-2-7(6-9(10)14)11(15)12-8(13)4-5-17-12/h2-6,11H,15H2,1H3. The topological polar surface area (TPSA) is 35.2 Å². The highest BCUT2D eigenvalue weighted by atomic mass is 79.9. The van der Waals surface area contributed by atoms with Gasteiger partial charge in [0.25, 0.3) is 0 Å². The molecule has 1 aromatic heterocycles. The van der Waals surface area contributed by atoms with Gasteiger partial charge in [0.1, 0.15) is 5.75 Å². The number of hydrogen-bond acceptors (Lipinski definition) is 3. The summed E-state index contributed by atoms with van der Waals surface area (Å²) in [6.45, 7) is 0. The second-order valence-electron chi connectivity index (χ2n) is 3.50. The molecule has 2 aromatic rings. The van der Waals surface area contributed by atoms with E-state index >= 15 is 0 Å². The van der Waals surface area contributed by atoms with Gasteiger partial charge in [-0.3, -0.25) is 0 Å². The first kappa shape index (κ1) is 12.9. The second kappa shape index (κ2) is 5.40. The Bertz CT molecular complexity index is 529. The molecule has 0 amide bonds. The van der Waals surface area contributed by atoms with Gasteiger partial charge in [0, 0.05) is 9.35 Å². The SMILES string of the molecule is COc1ccc(C(N)c2sccc2Br)cc1Cl. The van der Waals surface area contributed by atoms with E-state index in [0.29, 0.717) is 10.8 Å². The maximum Gasteiger partial charge on any atom is 0.137 e. The molecule has 2 N–H and O–H groups in total. The zero-order chi connectivity index (χ0) is 12.4. The van der Waals surface area contributed by atoms with Crippen molar-refractivity contribution in [3.63, 3.8) is 0 Å². The molecule has 2 rings (SSSR count). The lowest BCUT2D eigenvalue weighted by Gasteiger charge is -2.12. The van der Waals surface area contributed by atoms with Crippen LogP contribution < -0.4 is 10.5 Å². The fourth-order valence-electron chi connectivity index (χ4n) is 1.55. The van der Waals surface area contributed by atoms with Gasteiger partial charge in [0.2, 0.25) is 0 Å². The zero-order valence-corrected chi connectivity index (χ0v) is 12.3. The van der Waals surface area contributed by atoms with Crippen molar-refractivity contribution in [3.05, 3.63) is 49.6 Å². The van der Waals surface area contributed by atoms with Crippen LogP contribution in [0.5, 0.6) is 5.75 Å². The average Bonchev–Trinajstić information content (AvgIpc) is 2.74. The molecule has 1 aromatic carbocycles. The van der Waals surface area contributed by atoms with Crippen molar-refractivity contribution in [1.29, 1.82) is 0 Å². The van der Waals surface area contributed by atoms with Gasteiger partial charge in [0.05, 0.1) is 18.2 Å². The average molecular weight is 333 g/mol. The molecule has 0 aliphatic rings. The summed E-state index contributed by atoms with van der Waals surface area (Å²) in [5.41, 5.74) is 7.17. The van der Waals surface area contributed by atoms with Crippen LogP contribution in [0.2, 0.25) is 5.02 Å². The summed E-state index contributed by atoms with van der Waals surface area (Å²) in [6.07, 6.45) is 0. The van der Waals surface area contributed by atoms with Crippen LogP contribution in [0, 0.1) is 0 Å². The first-order valence-corrected chi connectivity index (χ1v) is 7.00. The highest BCUT2D eigenvalue weighted by Gasteiger charge is 2.15. The van der Waals surface area contributed by atoms with E-state index in [1.54, 1.807) is 18.4 Å². The Morgan fingerprint density at radius 3 is 2.71 bits per heavy atom. The molecule has 0 saturated heterocycles. The van der Waals surface area contributed by atoms with Gasteiger partial charge in [0.15, 0.2) is 0 Å². The maximum atomic E-state index is 6.20. The Morgan fingerprint density at radius 1 is 1.41 bits per heavy atom. The van der Waals surface area contributed by atoms with Gasteiger partial charge in [-0.2, -0.15) is 0 Å². The third-order valence-electron chi connectivity index (χ3n) is 2.46. The third-order valence-corrected chi connectivity index (χ3v) is 4.71. The first-order valence-electron chi connectivity index (χ1n) is 4.95. The van der Waals surface area contributed by atoms with Crippen molar-refractivity contribution < 1.29 is 4.74 Å². The lowest BCUT2D eigenvalue weighted by molar-refractivity contribution is 0.415. The van der Waals surface area contributed by atoms with E-state index in [1.165, 1.54) is 0 Å². The summed E-state index contributed by atoms with van der Waals surface area (Å²) in [5, 5.41) is 2.58. The van der Waals surface area contributed by atoms with Crippen LogP contribution in [0.3, 0.4) is 0 Å². The number of nitrogens with two attached hydrogens (primary N) is 1. The van der Waals surface area contributed by atoms with Crippen molar-refractivity contribution in [1.82, 2.24) is 0 Å². The van der Waals surface area contributed by atoms with E-state index in [4.69, 9.17) is 22.1 Å². The molecule has 0 aliphatic heterocycles. The minimum Gasteiger partial charge on any atom is -0.495 e. The summed E-state index contributed by atoms with van der Waals surface area (Å²) >= 11 is 11.2. The van der Waals surface area contributed by atoms with E-state index in [1.807, 2.05) is 29.6 Å². The Kier molecular flexibility index (Phi) is 4.09. The van der Waals surface area contributed by atoms with E-state index in [-0.39, 0.29) is 6.04 Å². The molecule has 1 atom stereocenters. The van der Waals surface area contributed by atoms with Crippen molar-refractivity contribution in [2.24, 2.45) is 5.73 Å². The molecule has 0 saturated carbocycles. The number of hydrogen-bond donors (Lipinski definition) is 1. The molecular weight excluding hydrogens is 322 g/mol. The highest BCUT2D eigenvalue weighted by molar-refractivity contribution is 9.10. The minimum atomic E-state index is -0.173. The molecule has 5 heteroatoms. The monoisotopic (exact) mass is 331 g/mol. The molecule has 1 unspecified atom stereocenters. The summed E-state index contributed by atoms with van der Waals surface area (Å²) in [4.78, 5) is 1.09. The van der Waals surface area contributed by atoms with Gasteiger partial charge < -0.3 is 10.5 Å². The second-order valence-corrected chi connectivity index (χ2v) is 5.71. The van der Waals surface area contributed by atoms with Crippen molar-refractivity contribution in [3.8, 4) is 5.75 Å². The summed E-state index contributed by atoms with van der Waals surface area (Å²) in [6, 6.07) is 7.43. The van der Waals surface area contributed by atoms with Crippen molar-refractivity contribution >= 4 is 38.9 Å². The Morgan fingerprint density at radius 2 is 2.18 bits per heavy atom. The molecular formula is C12H11BrClNOS. The molecule has 0 aliphatic carbocycles. The lowest BCUT2D eigenvalue weighted by atomic mass is 10.1.